The third-order valence-corrected chi connectivity index (χ3v) is 7.15. The maximum Gasteiger partial charge on any atom is 0.228 e. The summed E-state index contributed by atoms with van der Waals surface area (Å²) in [6.45, 7) is 5.18. The van der Waals surface area contributed by atoms with Crippen molar-refractivity contribution < 1.29 is 4.79 Å². The van der Waals surface area contributed by atoms with Crippen LogP contribution >= 0.6 is 11.8 Å². The van der Waals surface area contributed by atoms with Crippen LogP contribution in [0.5, 0.6) is 0 Å². The molecule has 1 saturated heterocycles. The van der Waals surface area contributed by atoms with Crippen molar-refractivity contribution in [2.45, 2.75) is 44.6 Å². The van der Waals surface area contributed by atoms with Gasteiger partial charge in [-0.3, -0.25) is 9.79 Å². The summed E-state index contributed by atoms with van der Waals surface area (Å²) >= 11 is 1.67. The second kappa shape index (κ2) is 9.81. The molecule has 29 heavy (non-hydrogen) atoms. The summed E-state index contributed by atoms with van der Waals surface area (Å²) in [7, 11) is 1.99. The summed E-state index contributed by atoms with van der Waals surface area (Å²) in [5.74, 6) is 0.236. The third kappa shape index (κ3) is 5.23. The largest absolute Gasteiger partial charge is 0.341 e. The molecule has 0 radical (unpaired) electrons. The molecule has 0 spiro atoms. The molecule has 6 heteroatoms. The highest BCUT2D eigenvalue weighted by Crippen LogP contribution is 2.31. The summed E-state index contributed by atoms with van der Waals surface area (Å²) in [4.78, 5) is 24.3. The SMILES string of the molecule is CN(C(=O)CC1=CSC2=NCCCN12)C1CCCN(CCCc2ccccc2)C1. The minimum absolute atomic E-state index is 0.236. The van der Waals surface area contributed by atoms with Gasteiger partial charge in [-0.1, -0.05) is 42.1 Å². The smallest absolute Gasteiger partial charge is 0.228 e. The van der Waals surface area contributed by atoms with Gasteiger partial charge in [0, 0.05) is 38.4 Å². The highest BCUT2D eigenvalue weighted by molar-refractivity contribution is 8.16. The first kappa shape index (κ1) is 20.5. The summed E-state index contributed by atoms with van der Waals surface area (Å²) in [5, 5.41) is 3.19. The number of piperidine rings is 1. The zero-order valence-electron chi connectivity index (χ0n) is 17.4. The number of likely N-dealkylation sites (N-methyl/N-ethyl adjacent to an activating group) is 1. The molecular formula is C23H32N4OS. The topological polar surface area (TPSA) is 39.2 Å². The number of amidine groups is 1. The summed E-state index contributed by atoms with van der Waals surface area (Å²) in [6, 6.07) is 11.1. The Kier molecular flexibility index (Phi) is 6.93. The van der Waals surface area contributed by atoms with Gasteiger partial charge in [-0.05, 0) is 56.2 Å². The maximum atomic E-state index is 13.0. The summed E-state index contributed by atoms with van der Waals surface area (Å²) < 4.78 is 0. The van der Waals surface area contributed by atoms with Crippen molar-refractivity contribution in [3.63, 3.8) is 0 Å². The normalized spacial score (nSPS) is 22.1. The number of rotatable bonds is 7. The first-order valence-corrected chi connectivity index (χ1v) is 11.8. The molecule has 1 unspecified atom stereocenters. The van der Waals surface area contributed by atoms with Gasteiger partial charge in [-0.25, -0.2) is 0 Å². The van der Waals surface area contributed by atoms with Crippen LogP contribution in [0.1, 0.15) is 37.7 Å². The van der Waals surface area contributed by atoms with E-state index in [2.05, 4.69) is 50.5 Å². The van der Waals surface area contributed by atoms with Crippen molar-refractivity contribution in [3.05, 3.63) is 47.0 Å². The molecule has 156 valence electrons. The number of hydrogen-bond acceptors (Lipinski definition) is 5. The number of amides is 1. The van der Waals surface area contributed by atoms with Crippen LogP contribution in [0.25, 0.3) is 0 Å². The molecule has 3 aliphatic heterocycles. The van der Waals surface area contributed by atoms with Crippen molar-refractivity contribution in [2.75, 3.05) is 39.8 Å². The third-order valence-electron chi connectivity index (χ3n) is 6.20. The predicted molar refractivity (Wildman–Crippen MR) is 121 cm³/mol. The van der Waals surface area contributed by atoms with E-state index in [9.17, 15) is 4.79 Å². The quantitative estimate of drug-likeness (QED) is 0.686. The Morgan fingerprint density at radius 2 is 2.10 bits per heavy atom. The van der Waals surface area contributed by atoms with Crippen LogP contribution in [-0.2, 0) is 11.2 Å². The maximum absolute atomic E-state index is 13.0. The second-order valence-corrected chi connectivity index (χ2v) is 9.10. The van der Waals surface area contributed by atoms with Crippen molar-refractivity contribution in [2.24, 2.45) is 4.99 Å². The van der Waals surface area contributed by atoms with Crippen molar-refractivity contribution in [3.8, 4) is 0 Å². The van der Waals surface area contributed by atoms with Crippen LogP contribution in [0.4, 0.5) is 0 Å². The predicted octanol–water partition coefficient (Wildman–Crippen LogP) is 3.58. The molecule has 0 aromatic heterocycles. The van der Waals surface area contributed by atoms with Crippen LogP contribution in [0.2, 0.25) is 0 Å². The Labute approximate surface area is 178 Å². The first-order valence-electron chi connectivity index (χ1n) is 10.9. The minimum atomic E-state index is 0.236. The van der Waals surface area contributed by atoms with Crippen LogP contribution in [0.3, 0.4) is 0 Å². The van der Waals surface area contributed by atoms with Gasteiger partial charge in [0.1, 0.15) is 0 Å². The van der Waals surface area contributed by atoms with E-state index in [0.29, 0.717) is 12.5 Å². The van der Waals surface area contributed by atoms with Crippen LogP contribution in [0.15, 0.2) is 46.4 Å². The highest BCUT2D eigenvalue weighted by atomic mass is 32.2. The average Bonchev–Trinajstić information content (AvgIpc) is 3.17. The zero-order valence-corrected chi connectivity index (χ0v) is 18.2. The monoisotopic (exact) mass is 412 g/mol. The lowest BCUT2D eigenvalue weighted by molar-refractivity contribution is -0.132. The van der Waals surface area contributed by atoms with E-state index in [0.717, 1.165) is 62.9 Å². The van der Waals surface area contributed by atoms with Crippen LogP contribution in [0, 0.1) is 0 Å². The van der Waals surface area contributed by atoms with Gasteiger partial charge < -0.3 is 14.7 Å². The number of thioether (sulfide) groups is 1. The number of likely N-dealkylation sites (tertiary alicyclic amines) is 1. The van der Waals surface area contributed by atoms with E-state index >= 15 is 0 Å². The molecule has 1 fully saturated rings. The molecule has 1 atom stereocenters. The Morgan fingerprint density at radius 3 is 2.97 bits per heavy atom. The summed E-state index contributed by atoms with van der Waals surface area (Å²) in [6.07, 6.45) is 6.16. The molecule has 0 N–H and O–H groups in total. The van der Waals surface area contributed by atoms with Gasteiger partial charge in [-0.15, -0.1) is 0 Å². The minimum Gasteiger partial charge on any atom is -0.341 e. The molecule has 5 nitrogen and oxygen atoms in total. The van der Waals surface area contributed by atoms with Crippen LogP contribution < -0.4 is 0 Å². The molecule has 3 heterocycles. The molecule has 0 saturated carbocycles. The van der Waals surface area contributed by atoms with Crippen molar-refractivity contribution >= 4 is 22.8 Å². The zero-order chi connectivity index (χ0) is 20.1. The molecule has 0 aliphatic carbocycles. The Balaban J connectivity index is 1.24. The highest BCUT2D eigenvalue weighted by Gasteiger charge is 2.30. The molecule has 0 bridgehead atoms. The van der Waals surface area contributed by atoms with Crippen molar-refractivity contribution in [1.82, 2.24) is 14.7 Å². The van der Waals surface area contributed by atoms with Gasteiger partial charge in [0.15, 0.2) is 5.17 Å². The number of hydrogen-bond donors (Lipinski definition) is 0. The van der Waals surface area contributed by atoms with Gasteiger partial charge in [0.05, 0.1) is 6.42 Å². The van der Waals surface area contributed by atoms with E-state index in [1.807, 2.05) is 11.9 Å². The van der Waals surface area contributed by atoms with Crippen molar-refractivity contribution in [1.29, 1.82) is 0 Å². The number of carbonyl (C=O) groups is 1. The van der Waals surface area contributed by atoms with Gasteiger partial charge in [0.2, 0.25) is 5.91 Å². The molecular weight excluding hydrogens is 380 g/mol. The summed E-state index contributed by atoms with van der Waals surface area (Å²) in [5.41, 5.74) is 2.54. The van der Waals surface area contributed by atoms with Gasteiger partial charge in [0.25, 0.3) is 0 Å². The molecule has 1 aromatic carbocycles. The second-order valence-electron chi connectivity index (χ2n) is 8.26. The van der Waals surface area contributed by atoms with Gasteiger partial charge >= 0.3 is 0 Å². The number of aliphatic imine (C=N–C) groups is 1. The lowest BCUT2D eigenvalue weighted by Gasteiger charge is -2.38. The number of carbonyl (C=O) groups excluding carboxylic acids is 1. The van der Waals surface area contributed by atoms with E-state index in [1.165, 1.54) is 18.4 Å². The Hall–Kier alpha value is -1.79. The number of fused-ring (bicyclic) bond motifs is 1. The average molecular weight is 413 g/mol. The molecule has 1 amide bonds. The fourth-order valence-electron chi connectivity index (χ4n) is 4.46. The first-order chi connectivity index (χ1) is 14.2. The Morgan fingerprint density at radius 1 is 1.24 bits per heavy atom. The Bertz CT molecular complexity index is 763. The fourth-order valence-corrected chi connectivity index (χ4v) is 5.41. The van der Waals surface area contributed by atoms with E-state index < -0.39 is 0 Å². The van der Waals surface area contributed by atoms with E-state index in [-0.39, 0.29) is 5.91 Å². The molecule has 4 rings (SSSR count). The van der Waals surface area contributed by atoms with E-state index in [4.69, 9.17) is 0 Å². The van der Waals surface area contributed by atoms with E-state index in [1.54, 1.807) is 11.8 Å². The fraction of sp³-hybridized carbons (Fsp3) is 0.565. The number of benzene rings is 1. The number of nitrogens with zero attached hydrogens (tertiary/aromatic N) is 4. The lowest BCUT2D eigenvalue weighted by atomic mass is 10.0. The molecule has 3 aliphatic rings. The van der Waals surface area contributed by atoms with Gasteiger partial charge in [-0.2, -0.15) is 0 Å². The lowest BCUT2D eigenvalue weighted by Crippen LogP contribution is -2.49. The number of aryl methyl sites for hydroxylation is 1. The molecule has 1 aromatic rings. The standard InChI is InChI=1S/C23H32N4OS/c1-25(22(28)16-21-18-29-23-24-12-7-15-27(21)23)20-11-6-14-26(17-20)13-5-10-19-8-3-2-4-9-19/h2-4,8-9,18,20H,5-7,10-17H2,1H3. The van der Waals surface area contributed by atoms with Crippen LogP contribution in [-0.4, -0.2) is 71.6 Å².